The van der Waals surface area contributed by atoms with Crippen LogP contribution >= 0.6 is 28.3 Å². The first-order chi connectivity index (χ1) is 7.51. The Kier molecular flexibility index (Phi) is 4.97. The molecule has 0 amide bonds. The van der Waals surface area contributed by atoms with Gasteiger partial charge in [-0.3, -0.25) is 0 Å². The number of hydrogen-bond donors (Lipinski definition) is 1. The van der Waals surface area contributed by atoms with Gasteiger partial charge in [0.1, 0.15) is 0 Å². The molecule has 1 atom stereocenters. The van der Waals surface area contributed by atoms with Crippen molar-refractivity contribution >= 4 is 38.4 Å². The highest BCUT2D eigenvalue weighted by Gasteiger charge is 2.31. The van der Waals surface area contributed by atoms with Crippen molar-refractivity contribution in [2.45, 2.75) is 17.4 Å². The van der Waals surface area contributed by atoms with Crippen molar-refractivity contribution < 1.29 is 8.42 Å². The van der Waals surface area contributed by atoms with Crippen molar-refractivity contribution in [2.24, 2.45) is 5.73 Å². The van der Waals surface area contributed by atoms with Crippen LogP contribution in [0.1, 0.15) is 6.42 Å². The Balaban J connectivity index is 0.00000144. The molecule has 2 rings (SSSR count). The van der Waals surface area contributed by atoms with E-state index in [1.165, 1.54) is 4.31 Å². The summed E-state index contributed by atoms with van der Waals surface area (Å²) in [5.41, 5.74) is 5.72. The molecule has 1 aliphatic heterocycles. The van der Waals surface area contributed by atoms with Crippen molar-refractivity contribution in [1.29, 1.82) is 0 Å². The highest BCUT2D eigenvalue weighted by Crippen LogP contribution is 2.26. The zero-order valence-electron chi connectivity index (χ0n) is 9.04. The van der Waals surface area contributed by atoms with Crippen molar-refractivity contribution in [3.63, 3.8) is 0 Å². The molecule has 0 radical (unpaired) electrons. The summed E-state index contributed by atoms with van der Waals surface area (Å²) < 4.78 is 26.5. The summed E-state index contributed by atoms with van der Waals surface area (Å²) >= 11 is 3.26. The van der Waals surface area contributed by atoms with Gasteiger partial charge in [0.05, 0.1) is 4.90 Å². The van der Waals surface area contributed by atoms with E-state index in [1.54, 1.807) is 24.3 Å². The SMILES string of the molecule is Cl.N[C@H]1CCN(S(=O)(=O)c2ccccc2Br)C1. The fourth-order valence-corrected chi connectivity index (χ4v) is 4.24. The smallest absolute Gasteiger partial charge is 0.244 e. The van der Waals surface area contributed by atoms with Gasteiger partial charge in [-0.2, -0.15) is 4.31 Å². The van der Waals surface area contributed by atoms with Crippen LogP contribution in [0.15, 0.2) is 33.6 Å². The molecule has 0 saturated carbocycles. The number of sulfonamides is 1. The van der Waals surface area contributed by atoms with Gasteiger partial charge in [-0.1, -0.05) is 12.1 Å². The summed E-state index contributed by atoms with van der Waals surface area (Å²) in [4.78, 5) is 0.309. The molecule has 1 aliphatic rings. The van der Waals surface area contributed by atoms with E-state index < -0.39 is 10.0 Å². The Bertz CT molecular complexity index is 495. The summed E-state index contributed by atoms with van der Waals surface area (Å²) in [6.07, 6.45) is 0.726. The molecule has 1 fully saturated rings. The molecule has 4 nitrogen and oxygen atoms in total. The van der Waals surface area contributed by atoms with Crippen molar-refractivity contribution in [3.05, 3.63) is 28.7 Å². The minimum Gasteiger partial charge on any atom is -0.326 e. The highest BCUT2D eigenvalue weighted by molar-refractivity contribution is 9.10. The summed E-state index contributed by atoms with van der Waals surface area (Å²) in [6.45, 7) is 0.911. The Labute approximate surface area is 116 Å². The van der Waals surface area contributed by atoms with Gasteiger partial charge in [0, 0.05) is 23.6 Å². The van der Waals surface area contributed by atoms with E-state index >= 15 is 0 Å². The molecule has 0 unspecified atom stereocenters. The van der Waals surface area contributed by atoms with Crippen LogP contribution in [0.5, 0.6) is 0 Å². The lowest BCUT2D eigenvalue weighted by molar-refractivity contribution is 0.472. The first kappa shape index (κ1) is 14.9. The van der Waals surface area contributed by atoms with E-state index in [1.807, 2.05) is 0 Å². The van der Waals surface area contributed by atoms with Gasteiger partial charge in [0.2, 0.25) is 10.0 Å². The van der Waals surface area contributed by atoms with Crippen LogP contribution in [0.4, 0.5) is 0 Å². The topological polar surface area (TPSA) is 63.4 Å². The Morgan fingerprint density at radius 2 is 2.00 bits per heavy atom. The molecule has 1 heterocycles. The second-order valence-electron chi connectivity index (χ2n) is 3.84. The van der Waals surface area contributed by atoms with Crippen LogP contribution < -0.4 is 5.73 Å². The molecule has 0 bridgehead atoms. The average Bonchev–Trinajstić information content (AvgIpc) is 2.66. The van der Waals surface area contributed by atoms with E-state index in [0.717, 1.165) is 6.42 Å². The van der Waals surface area contributed by atoms with E-state index in [2.05, 4.69) is 15.9 Å². The largest absolute Gasteiger partial charge is 0.326 e. The molecule has 0 aromatic heterocycles. The molecule has 1 aromatic carbocycles. The summed E-state index contributed by atoms with van der Waals surface area (Å²) in [7, 11) is -3.40. The van der Waals surface area contributed by atoms with Crippen molar-refractivity contribution in [2.75, 3.05) is 13.1 Å². The second-order valence-corrected chi connectivity index (χ2v) is 6.60. The van der Waals surface area contributed by atoms with Gasteiger partial charge in [0.15, 0.2) is 0 Å². The maximum atomic E-state index is 12.2. The quantitative estimate of drug-likeness (QED) is 0.888. The van der Waals surface area contributed by atoms with Gasteiger partial charge in [-0.05, 0) is 34.5 Å². The molecule has 2 N–H and O–H groups in total. The number of nitrogens with two attached hydrogens (primary N) is 1. The Hall–Kier alpha value is -0.140. The fraction of sp³-hybridized carbons (Fsp3) is 0.400. The number of halogens is 2. The number of nitrogens with zero attached hydrogens (tertiary/aromatic N) is 1. The molecule has 1 saturated heterocycles. The summed E-state index contributed by atoms with van der Waals surface area (Å²) in [6, 6.07) is 6.79. The molecular formula is C10H14BrClN2O2S. The third-order valence-corrected chi connectivity index (χ3v) is 5.52. The zero-order chi connectivity index (χ0) is 11.8. The average molecular weight is 342 g/mol. The van der Waals surface area contributed by atoms with Gasteiger partial charge in [0.25, 0.3) is 0 Å². The van der Waals surface area contributed by atoms with E-state index in [0.29, 0.717) is 22.5 Å². The second kappa shape index (κ2) is 5.67. The number of hydrogen-bond acceptors (Lipinski definition) is 3. The fourth-order valence-electron chi connectivity index (χ4n) is 1.77. The normalized spacial score (nSPS) is 21.2. The monoisotopic (exact) mass is 340 g/mol. The lowest BCUT2D eigenvalue weighted by atomic mass is 10.3. The lowest BCUT2D eigenvalue weighted by Gasteiger charge is -2.16. The van der Waals surface area contributed by atoms with Gasteiger partial charge in [-0.25, -0.2) is 8.42 Å². The van der Waals surface area contributed by atoms with Crippen LogP contribution in [0.2, 0.25) is 0 Å². The van der Waals surface area contributed by atoms with Crippen LogP contribution in [-0.2, 0) is 10.0 Å². The predicted molar refractivity (Wildman–Crippen MR) is 72.7 cm³/mol. The van der Waals surface area contributed by atoms with Crippen molar-refractivity contribution in [1.82, 2.24) is 4.31 Å². The van der Waals surface area contributed by atoms with Crippen LogP contribution in [0.25, 0.3) is 0 Å². The third kappa shape index (κ3) is 3.00. The maximum absolute atomic E-state index is 12.2. The first-order valence-electron chi connectivity index (χ1n) is 5.02. The molecule has 7 heteroatoms. The van der Waals surface area contributed by atoms with Gasteiger partial charge < -0.3 is 5.73 Å². The Morgan fingerprint density at radius 1 is 1.35 bits per heavy atom. The van der Waals surface area contributed by atoms with E-state index in [-0.39, 0.29) is 18.4 Å². The molecular weight excluding hydrogens is 328 g/mol. The van der Waals surface area contributed by atoms with Gasteiger partial charge in [-0.15, -0.1) is 12.4 Å². The summed E-state index contributed by atoms with van der Waals surface area (Å²) in [5, 5.41) is 0. The molecule has 1 aromatic rings. The molecule has 0 aliphatic carbocycles. The third-order valence-electron chi connectivity index (χ3n) is 2.64. The molecule has 0 spiro atoms. The van der Waals surface area contributed by atoms with E-state index in [9.17, 15) is 8.42 Å². The number of rotatable bonds is 2. The molecule has 96 valence electrons. The van der Waals surface area contributed by atoms with Crippen molar-refractivity contribution in [3.8, 4) is 0 Å². The first-order valence-corrected chi connectivity index (χ1v) is 7.25. The number of benzene rings is 1. The minimum absolute atomic E-state index is 0. The molecule has 17 heavy (non-hydrogen) atoms. The summed E-state index contributed by atoms with van der Waals surface area (Å²) in [5.74, 6) is 0. The Morgan fingerprint density at radius 3 is 2.53 bits per heavy atom. The standard InChI is InChI=1S/C10H13BrN2O2S.ClH/c11-9-3-1-2-4-10(9)16(14,15)13-6-5-8(12)7-13;/h1-4,8H,5-7,12H2;1H/t8-;/m0./s1. The minimum atomic E-state index is -3.40. The van der Waals surface area contributed by atoms with Gasteiger partial charge >= 0.3 is 0 Å². The van der Waals surface area contributed by atoms with Crippen LogP contribution in [0.3, 0.4) is 0 Å². The highest BCUT2D eigenvalue weighted by atomic mass is 79.9. The van der Waals surface area contributed by atoms with E-state index in [4.69, 9.17) is 5.73 Å². The lowest BCUT2D eigenvalue weighted by Crippen LogP contribution is -2.32. The zero-order valence-corrected chi connectivity index (χ0v) is 12.3. The van der Waals surface area contributed by atoms with Crippen LogP contribution in [0, 0.1) is 0 Å². The maximum Gasteiger partial charge on any atom is 0.244 e. The van der Waals surface area contributed by atoms with Crippen LogP contribution in [-0.4, -0.2) is 31.9 Å². The predicted octanol–water partition coefficient (Wildman–Crippen LogP) is 1.59.